The molecule has 0 atom stereocenters. The number of guanidine groups is 1. The van der Waals surface area contributed by atoms with Crippen molar-refractivity contribution >= 4 is 23.0 Å². The lowest BCUT2D eigenvalue weighted by Gasteiger charge is -2.15. The Kier molecular flexibility index (Phi) is 6.54. The quantitative estimate of drug-likeness (QED) is 0.622. The van der Waals surface area contributed by atoms with Crippen LogP contribution in [-0.2, 0) is 13.0 Å². The molecule has 24 heavy (non-hydrogen) atoms. The highest BCUT2D eigenvalue weighted by Crippen LogP contribution is 2.18. The minimum Gasteiger partial charge on any atom is -0.375 e. The molecule has 1 heterocycles. The predicted molar refractivity (Wildman–Crippen MR) is 99.5 cm³/mol. The van der Waals surface area contributed by atoms with E-state index in [0.717, 1.165) is 29.2 Å². The van der Waals surface area contributed by atoms with Crippen molar-refractivity contribution in [3.05, 3.63) is 45.7 Å². The third-order valence-corrected chi connectivity index (χ3v) is 4.34. The molecule has 0 saturated carbocycles. The lowest BCUT2D eigenvalue weighted by Crippen LogP contribution is -2.37. The maximum Gasteiger partial charge on any atom is 0.191 e. The number of nitrogens with zero attached hydrogens (tertiary/aromatic N) is 3. The van der Waals surface area contributed by atoms with Crippen LogP contribution in [-0.4, -0.2) is 38.6 Å². The highest BCUT2D eigenvalue weighted by molar-refractivity contribution is 7.09. The number of halogens is 1. The summed E-state index contributed by atoms with van der Waals surface area (Å²) in [5.74, 6) is 0.472. The van der Waals surface area contributed by atoms with Gasteiger partial charge in [0, 0.05) is 46.0 Å². The maximum atomic E-state index is 14.0. The summed E-state index contributed by atoms with van der Waals surface area (Å²) in [6, 6.07) is 5.25. The summed E-state index contributed by atoms with van der Waals surface area (Å²) < 4.78 is 14.0. The van der Waals surface area contributed by atoms with Crippen molar-refractivity contribution in [2.24, 2.45) is 4.99 Å². The molecule has 7 heteroatoms. The second-order valence-electron chi connectivity index (χ2n) is 5.64. The van der Waals surface area contributed by atoms with E-state index in [1.165, 1.54) is 0 Å². The summed E-state index contributed by atoms with van der Waals surface area (Å²) >= 11 is 1.66. The van der Waals surface area contributed by atoms with Gasteiger partial charge in [-0.1, -0.05) is 6.07 Å². The third kappa shape index (κ3) is 5.19. The number of hydrogen-bond acceptors (Lipinski definition) is 4. The molecule has 130 valence electrons. The predicted octanol–water partition coefficient (Wildman–Crippen LogP) is 2.56. The van der Waals surface area contributed by atoms with Crippen LogP contribution in [0.3, 0.4) is 0 Å². The van der Waals surface area contributed by atoms with E-state index in [1.54, 1.807) is 35.4 Å². The molecule has 0 fully saturated rings. The Labute approximate surface area is 146 Å². The average Bonchev–Trinajstić information content (AvgIpc) is 2.95. The number of hydrogen-bond donors (Lipinski definition) is 2. The molecule has 0 aliphatic carbocycles. The number of aryl methyl sites for hydroxylation is 1. The molecule has 0 amide bonds. The van der Waals surface area contributed by atoms with Gasteiger partial charge in [-0.05, 0) is 24.6 Å². The molecule has 0 aliphatic heterocycles. The van der Waals surface area contributed by atoms with E-state index in [9.17, 15) is 4.39 Å². The standard InChI is InChI=1S/C17H24FN5S/c1-12-22-14(11-24-12)7-8-20-17(19-2)21-10-13-5-6-16(23(3)4)15(18)9-13/h5-6,9,11H,7-8,10H2,1-4H3,(H2,19,20,21). The van der Waals surface area contributed by atoms with Crippen LogP contribution in [0.2, 0.25) is 0 Å². The molecule has 0 bridgehead atoms. The number of aromatic nitrogens is 1. The van der Waals surface area contributed by atoms with E-state index >= 15 is 0 Å². The molecular weight excluding hydrogens is 325 g/mol. The normalized spacial score (nSPS) is 11.5. The van der Waals surface area contributed by atoms with Crippen molar-refractivity contribution in [1.29, 1.82) is 0 Å². The van der Waals surface area contributed by atoms with Crippen LogP contribution in [0.15, 0.2) is 28.6 Å². The SMILES string of the molecule is CN=C(NCCc1csc(C)n1)NCc1ccc(N(C)C)c(F)c1. The number of rotatable bonds is 6. The number of benzene rings is 1. The van der Waals surface area contributed by atoms with Gasteiger partial charge in [-0.25, -0.2) is 9.37 Å². The molecular formula is C17H24FN5S. The van der Waals surface area contributed by atoms with Gasteiger partial charge in [0.1, 0.15) is 5.82 Å². The molecule has 1 aromatic heterocycles. The van der Waals surface area contributed by atoms with E-state index in [1.807, 2.05) is 27.1 Å². The fourth-order valence-electron chi connectivity index (χ4n) is 2.26. The molecule has 2 aromatic rings. The van der Waals surface area contributed by atoms with Crippen molar-refractivity contribution in [2.45, 2.75) is 19.9 Å². The molecule has 0 aliphatic rings. The first-order chi connectivity index (χ1) is 11.5. The maximum absolute atomic E-state index is 14.0. The zero-order chi connectivity index (χ0) is 17.5. The number of nitrogens with one attached hydrogen (secondary N) is 2. The minimum atomic E-state index is -0.221. The van der Waals surface area contributed by atoms with Crippen LogP contribution >= 0.6 is 11.3 Å². The zero-order valence-corrected chi connectivity index (χ0v) is 15.4. The molecule has 5 nitrogen and oxygen atoms in total. The lowest BCUT2D eigenvalue weighted by atomic mass is 10.2. The van der Waals surface area contributed by atoms with Gasteiger partial charge >= 0.3 is 0 Å². The molecule has 0 unspecified atom stereocenters. The summed E-state index contributed by atoms with van der Waals surface area (Å²) in [4.78, 5) is 10.4. The summed E-state index contributed by atoms with van der Waals surface area (Å²) in [7, 11) is 5.37. The van der Waals surface area contributed by atoms with Crippen LogP contribution in [0.5, 0.6) is 0 Å². The monoisotopic (exact) mass is 349 g/mol. The smallest absolute Gasteiger partial charge is 0.191 e. The number of thiazole rings is 1. The summed E-state index contributed by atoms with van der Waals surface area (Å²) in [5.41, 5.74) is 2.54. The highest BCUT2D eigenvalue weighted by atomic mass is 32.1. The minimum absolute atomic E-state index is 0.221. The summed E-state index contributed by atoms with van der Waals surface area (Å²) in [6.07, 6.45) is 0.844. The molecule has 1 aromatic carbocycles. The van der Waals surface area contributed by atoms with Gasteiger partial charge in [-0.15, -0.1) is 11.3 Å². The Morgan fingerprint density at radius 3 is 2.71 bits per heavy atom. The van der Waals surface area contributed by atoms with Crippen LogP contribution in [0.1, 0.15) is 16.3 Å². The van der Waals surface area contributed by atoms with E-state index in [0.29, 0.717) is 18.2 Å². The Balaban J connectivity index is 1.82. The van der Waals surface area contributed by atoms with Gasteiger partial charge in [0.15, 0.2) is 5.96 Å². The summed E-state index contributed by atoms with van der Waals surface area (Å²) in [5, 5.41) is 9.59. The van der Waals surface area contributed by atoms with Crippen LogP contribution in [0, 0.1) is 12.7 Å². The molecule has 2 N–H and O–H groups in total. The molecule has 0 spiro atoms. The van der Waals surface area contributed by atoms with Crippen molar-refractivity contribution in [3.63, 3.8) is 0 Å². The topological polar surface area (TPSA) is 52.6 Å². The Bertz CT molecular complexity index is 696. The van der Waals surface area contributed by atoms with Crippen LogP contribution in [0.25, 0.3) is 0 Å². The second kappa shape index (κ2) is 8.63. The van der Waals surface area contributed by atoms with Crippen LogP contribution < -0.4 is 15.5 Å². The van der Waals surface area contributed by atoms with Gasteiger partial charge < -0.3 is 15.5 Å². The van der Waals surface area contributed by atoms with Gasteiger partial charge in [-0.2, -0.15) is 0 Å². The van der Waals surface area contributed by atoms with Crippen molar-refractivity contribution in [3.8, 4) is 0 Å². The fraction of sp³-hybridized carbons (Fsp3) is 0.412. The van der Waals surface area contributed by atoms with Gasteiger partial charge in [-0.3, -0.25) is 4.99 Å². The van der Waals surface area contributed by atoms with Crippen molar-refractivity contribution in [2.75, 3.05) is 32.6 Å². The van der Waals surface area contributed by atoms with E-state index in [4.69, 9.17) is 0 Å². The fourth-order valence-corrected chi connectivity index (χ4v) is 2.91. The highest BCUT2D eigenvalue weighted by Gasteiger charge is 2.06. The first-order valence-electron chi connectivity index (χ1n) is 7.81. The summed E-state index contributed by atoms with van der Waals surface area (Å²) in [6.45, 7) is 3.26. The largest absolute Gasteiger partial charge is 0.375 e. The van der Waals surface area contributed by atoms with Crippen molar-refractivity contribution in [1.82, 2.24) is 15.6 Å². The van der Waals surface area contributed by atoms with Gasteiger partial charge in [0.2, 0.25) is 0 Å². The first-order valence-corrected chi connectivity index (χ1v) is 8.69. The second-order valence-corrected chi connectivity index (χ2v) is 6.70. The van der Waals surface area contributed by atoms with Crippen molar-refractivity contribution < 1.29 is 4.39 Å². The van der Waals surface area contributed by atoms with E-state index < -0.39 is 0 Å². The molecule has 2 rings (SSSR count). The van der Waals surface area contributed by atoms with Gasteiger partial charge in [0.25, 0.3) is 0 Å². The van der Waals surface area contributed by atoms with Crippen LogP contribution in [0.4, 0.5) is 10.1 Å². The lowest BCUT2D eigenvalue weighted by molar-refractivity contribution is 0.623. The Morgan fingerprint density at radius 2 is 2.12 bits per heavy atom. The number of aliphatic imine (C=N–C) groups is 1. The Hall–Kier alpha value is -2.15. The molecule has 0 saturated heterocycles. The number of anilines is 1. The first kappa shape index (κ1) is 18.2. The Morgan fingerprint density at radius 1 is 1.33 bits per heavy atom. The average molecular weight is 349 g/mol. The van der Waals surface area contributed by atoms with Gasteiger partial charge in [0.05, 0.1) is 16.4 Å². The zero-order valence-electron chi connectivity index (χ0n) is 14.6. The van der Waals surface area contributed by atoms with E-state index in [-0.39, 0.29) is 5.82 Å². The molecule has 0 radical (unpaired) electrons. The van der Waals surface area contributed by atoms with E-state index in [2.05, 4.69) is 26.0 Å². The third-order valence-electron chi connectivity index (χ3n) is 3.52.